The van der Waals surface area contributed by atoms with Gasteiger partial charge in [-0.15, -0.1) is 0 Å². The minimum absolute atomic E-state index is 0.208. The molecule has 1 aliphatic heterocycles. The molecule has 1 saturated heterocycles. The van der Waals surface area contributed by atoms with E-state index in [0.717, 1.165) is 16.7 Å². The van der Waals surface area contributed by atoms with E-state index in [1.165, 1.54) is 0 Å². The van der Waals surface area contributed by atoms with Crippen LogP contribution in [0.3, 0.4) is 0 Å². The van der Waals surface area contributed by atoms with Crippen molar-refractivity contribution in [2.75, 3.05) is 6.61 Å². The van der Waals surface area contributed by atoms with Gasteiger partial charge in [0.1, 0.15) is 0 Å². The van der Waals surface area contributed by atoms with Gasteiger partial charge >= 0.3 is 0 Å². The standard InChI is InChI=1S/C19H21N3O3/c1-13-7-9-14(10-8-13)11-17(23)18-16(21-22-20)12-24-19(25-18)15-5-3-2-4-6-15/h2-10,16-19,23H,11-12H2,1H3/t16?,17-,18?,19?/m1/s1. The molecule has 0 spiro atoms. The number of aliphatic hydroxyl groups is 1. The fourth-order valence-corrected chi connectivity index (χ4v) is 2.93. The first-order valence-corrected chi connectivity index (χ1v) is 8.27. The molecule has 0 aliphatic carbocycles. The van der Waals surface area contributed by atoms with Gasteiger partial charge < -0.3 is 14.6 Å². The molecule has 0 radical (unpaired) electrons. The smallest absolute Gasteiger partial charge is 0.184 e. The predicted octanol–water partition coefficient (Wildman–Crippen LogP) is 3.69. The lowest BCUT2D eigenvalue weighted by molar-refractivity contribution is -0.244. The van der Waals surface area contributed by atoms with Crippen LogP contribution < -0.4 is 0 Å². The largest absolute Gasteiger partial charge is 0.390 e. The van der Waals surface area contributed by atoms with Crippen molar-refractivity contribution in [2.45, 2.75) is 37.9 Å². The lowest BCUT2D eigenvalue weighted by Crippen LogP contribution is -2.47. The van der Waals surface area contributed by atoms with E-state index in [-0.39, 0.29) is 6.61 Å². The SMILES string of the molecule is Cc1ccc(C[C@@H](O)C2OC(c3ccccc3)OCC2N=[N+]=[N-])cc1. The summed E-state index contributed by atoms with van der Waals surface area (Å²) in [5.74, 6) is 0. The Bertz CT molecular complexity index is 729. The number of hydrogen-bond donors (Lipinski definition) is 1. The molecule has 1 fully saturated rings. The van der Waals surface area contributed by atoms with Crippen molar-refractivity contribution in [3.63, 3.8) is 0 Å². The van der Waals surface area contributed by atoms with Crippen LogP contribution in [0.15, 0.2) is 59.7 Å². The van der Waals surface area contributed by atoms with Crippen LogP contribution >= 0.6 is 0 Å². The molecule has 6 heteroatoms. The number of aryl methyl sites for hydroxylation is 1. The number of azide groups is 1. The van der Waals surface area contributed by atoms with Crippen molar-refractivity contribution in [3.8, 4) is 0 Å². The Morgan fingerprint density at radius 2 is 1.92 bits per heavy atom. The molecule has 2 aromatic carbocycles. The number of ether oxygens (including phenoxy) is 2. The highest BCUT2D eigenvalue weighted by Crippen LogP contribution is 2.30. The van der Waals surface area contributed by atoms with Gasteiger partial charge in [-0.1, -0.05) is 65.3 Å². The summed E-state index contributed by atoms with van der Waals surface area (Å²) in [7, 11) is 0. The second-order valence-corrected chi connectivity index (χ2v) is 6.21. The Balaban J connectivity index is 1.75. The van der Waals surface area contributed by atoms with Crippen LogP contribution in [0.25, 0.3) is 10.4 Å². The van der Waals surface area contributed by atoms with E-state index in [1.807, 2.05) is 61.5 Å². The Labute approximate surface area is 146 Å². The molecule has 1 heterocycles. The summed E-state index contributed by atoms with van der Waals surface area (Å²) >= 11 is 0. The Hall–Kier alpha value is -2.37. The first kappa shape index (κ1) is 17.5. The molecule has 4 atom stereocenters. The molecule has 0 saturated carbocycles. The van der Waals surface area contributed by atoms with E-state index in [2.05, 4.69) is 10.0 Å². The van der Waals surface area contributed by atoms with Gasteiger partial charge in [-0.05, 0) is 18.0 Å². The van der Waals surface area contributed by atoms with Crippen LogP contribution in [0.4, 0.5) is 0 Å². The van der Waals surface area contributed by atoms with Crippen LogP contribution in [0, 0.1) is 6.92 Å². The molecule has 0 amide bonds. The maximum Gasteiger partial charge on any atom is 0.184 e. The van der Waals surface area contributed by atoms with Gasteiger partial charge in [0, 0.05) is 16.9 Å². The van der Waals surface area contributed by atoms with Crippen molar-refractivity contribution in [3.05, 3.63) is 81.7 Å². The van der Waals surface area contributed by atoms with Crippen LogP contribution in [-0.2, 0) is 15.9 Å². The number of benzene rings is 2. The van der Waals surface area contributed by atoms with E-state index >= 15 is 0 Å². The molecule has 130 valence electrons. The summed E-state index contributed by atoms with van der Waals surface area (Å²) in [5.41, 5.74) is 11.8. The third kappa shape index (κ3) is 4.38. The van der Waals surface area contributed by atoms with E-state index < -0.39 is 24.5 Å². The first-order chi connectivity index (χ1) is 12.2. The number of hydrogen-bond acceptors (Lipinski definition) is 4. The van der Waals surface area contributed by atoms with Crippen molar-refractivity contribution < 1.29 is 14.6 Å². The summed E-state index contributed by atoms with van der Waals surface area (Å²) in [5, 5.41) is 14.4. The Morgan fingerprint density at radius 3 is 2.60 bits per heavy atom. The molecule has 0 aromatic heterocycles. The molecule has 3 unspecified atom stereocenters. The molecule has 1 N–H and O–H groups in total. The molecular formula is C19H21N3O3. The molecule has 3 rings (SSSR count). The number of rotatable bonds is 5. The highest BCUT2D eigenvalue weighted by Gasteiger charge is 2.36. The lowest BCUT2D eigenvalue weighted by atomic mass is 9.98. The summed E-state index contributed by atoms with van der Waals surface area (Å²) in [6.07, 6.45) is -1.59. The quantitative estimate of drug-likeness (QED) is 0.512. The van der Waals surface area contributed by atoms with E-state index in [9.17, 15) is 5.11 Å². The summed E-state index contributed by atoms with van der Waals surface area (Å²) < 4.78 is 11.6. The maximum absolute atomic E-state index is 10.7. The molecule has 6 nitrogen and oxygen atoms in total. The van der Waals surface area contributed by atoms with Gasteiger partial charge in [-0.25, -0.2) is 0 Å². The summed E-state index contributed by atoms with van der Waals surface area (Å²) in [4.78, 5) is 2.86. The van der Waals surface area contributed by atoms with Crippen LogP contribution in [0.5, 0.6) is 0 Å². The second kappa shape index (κ2) is 8.14. The second-order valence-electron chi connectivity index (χ2n) is 6.21. The average Bonchev–Trinajstić information content (AvgIpc) is 2.65. The molecular weight excluding hydrogens is 318 g/mol. The zero-order valence-corrected chi connectivity index (χ0v) is 14.0. The predicted molar refractivity (Wildman–Crippen MR) is 93.8 cm³/mol. The van der Waals surface area contributed by atoms with Gasteiger partial charge in [0.2, 0.25) is 0 Å². The number of nitrogens with zero attached hydrogens (tertiary/aromatic N) is 3. The molecule has 2 aromatic rings. The first-order valence-electron chi connectivity index (χ1n) is 8.27. The van der Waals surface area contributed by atoms with Crippen LogP contribution in [0.1, 0.15) is 23.0 Å². The normalized spacial score (nSPS) is 24.3. The van der Waals surface area contributed by atoms with Crippen molar-refractivity contribution in [1.29, 1.82) is 0 Å². The minimum atomic E-state index is -0.798. The topological polar surface area (TPSA) is 87.5 Å². The summed E-state index contributed by atoms with van der Waals surface area (Å²) in [6.45, 7) is 2.23. The summed E-state index contributed by atoms with van der Waals surface area (Å²) in [6, 6.07) is 16.9. The Morgan fingerprint density at radius 1 is 1.20 bits per heavy atom. The van der Waals surface area contributed by atoms with Crippen molar-refractivity contribution in [1.82, 2.24) is 0 Å². The van der Waals surface area contributed by atoms with Gasteiger partial charge in [-0.3, -0.25) is 0 Å². The minimum Gasteiger partial charge on any atom is -0.390 e. The zero-order valence-electron chi connectivity index (χ0n) is 14.0. The highest BCUT2D eigenvalue weighted by atomic mass is 16.7. The maximum atomic E-state index is 10.7. The number of aliphatic hydroxyl groups excluding tert-OH is 1. The fourth-order valence-electron chi connectivity index (χ4n) is 2.93. The van der Waals surface area contributed by atoms with Gasteiger partial charge in [0.25, 0.3) is 0 Å². The van der Waals surface area contributed by atoms with Gasteiger partial charge in [0.15, 0.2) is 6.29 Å². The van der Waals surface area contributed by atoms with Crippen LogP contribution in [0.2, 0.25) is 0 Å². The van der Waals surface area contributed by atoms with Gasteiger partial charge in [0.05, 0.1) is 24.9 Å². The lowest BCUT2D eigenvalue weighted by Gasteiger charge is -2.37. The third-order valence-electron chi connectivity index (χ3n) is 4.29. The molecule has 0 bridgehead atoms. The molecule has 25 heavy (non-hydrogen) atoms. The van der Waals surface area contributed by atoms with E-state index in [4.69, 9.17) is 15.0 Å². The van der Waals surface area contributed by atoms with Crippen molar-refractivity contribution in [2.24, 2.45) is 5.11 Å². The average molecular weight is 339 g/mol. The van der Waals surface area contributed by atoms with Crippen LogP contribution in [-0.4, -0.2) is 30.0 Å². The fraction of sp³-hybridized carbons (Fsp3) is 0.368. The Kier molecular flexibility index (Phi) is 5.68. The molecule has 1 aliphatic rings. The highest BCUT2D eigenvalue weighted by molar-refractivity contribution is 5.22. The van der Waals surface area contributed by atoms with E-state index in [1.54, 1.807) is 0 Å². The monoisotopic (exact) mass is 339 g/mol. The van der Waals surface area contributed by atoms with Gasteiger partial charge in [-0.2, -0.15) is 0 Å². The van der Waals surface area contributed by atoms with Crippen molar-refractivity contribution >= 4 is 0 Å². The van der Waals surface area contributed by atoms with E-state index in [0.29, 0.717) is 6.42 Å². The third-order valence-corrected chi connectivity index (χ3v) is 4.29. The zero-order chi connectivity index (χ0) is 17.6.